The molecule has 0 unspecified atom stereocenters. The highest BCUT2D eigenvalue weighted by Crippen LogP contribution is 2.12. The molecule has 7 nitrogen and oxygen atoms in total. The highest BCUT2D eigenvalue weighted by atomic mass is 16.2. The second-order valence-corrected chi connectivity index (χ2v) is 6.79. The second kappa shape index (κ2) is 9.85. The topological polar surface area (TPSA) is 77.6 Å². The quantitative estimate of drug-likeness (QED) is 0.755. The van der Waals surface area contributed by atoms with Crippen molar-refractivity contribution in [3.8, 4) is 0 Å². The maximum Gasteiger partial charge on any atom is 0.251 e. The lowest BCUT2D eigenvalue weighted by atomic mass is 10.1. The monoisotopic (exact) mass is 381 g/mol. The molecule has 148 valence electrons. The lowest BCUT2D eigenvalue weighted by Crippen LogP contribution is -2.49. The normalized spacial score (nSPS) is 14.5. The molecular formula is C21H27N5O2. The Kier molecular flexibility index (Phi) is 6.97. The van der Waals surface area contributed by atoms with E-state index in [1.807, 2.05) is 43.3 Å². The van der Waals surface area contributed by atoms with E-state index in [0.717, 1.165) is 37.6 Å². The van der Waals surface area contributed by atoms with Gasteiger partial charge in [0.2, 0.25) is 5.91 Å². The first-order valence-corrected chi connectivity index (χ1v) is 9.68. The Labute approximate surface area is 165 Å². The van der Waals surface area contributed by atoms with E-state index in [0.29, 0.717) is 25.2 Å². The number of carbonyl (C=O) groups excluding carboxylic acids is 2. The summed E-state index contributed by atoms with van der Waals surface area (Å²) in [7, 11) is 0. The van der Waals surface area contributed by atoms with Gasteiger partial charge in [0.15, 0.2) is 0 Å². The Bertz CT molecular complexity index is 788. The van der Waals surface area contributed by atoms with Crippen LogP contribution in [-0.2, 0) is 11.3 Å². The number of anilines is 1. The third-order valence-electron chi connectivity index (χ3n) is 4.73. The minimum absolute atomic E-state index is 0.00491. The number of hydrogen-bond donors (Lipinski definition) is 2. The van der Waals surface area contributed by atoms with Crippen LogP contribution in [-0.4, -0.2) is 61.0 Å². The largest absolute Gasteiger partial charge is 0.354 e. The highest BCUT2D eigenvalue weighted by molar-refractivity contribution is 5.94. The first-order valence-electron chi connectivity index (χ1n) is 9.68. The molecule has 2 amide bonds. The van der Waals surface area contributed by atoms with Crippen LogP contribution in [0.2, 0.25) is 0 Å². The Morgan fingerprint density at radius 3 is 2.57 bits per heavy atom. The molecule has 0 saturated carbocycles. The van der Waals surface area contributed by atoms with E-state index in [9.17, 15) is 9.59 Å². The minimum atomic E-state index is -0.0959. The fourth-order valence-corrected chi connectivity index (χ4v) is 3.22. The van der Waals surface area contributed by atoms with E-state index in [4.69, 9.17) is 0 Å². The van der Waals surface area contributed by atoms with Crippen molar-refractivity contribution in [2.45, 2.75) is 13.5 Å². The molecule has 2 N–H and O–H groups in total. The average molecular weight is 381 g/mol. The van der Waals surface area contributed by atoms with Gasteiger partial charge in [0, 0.05) is 51.0 Å². The molecule has 0 aliphatic carbocycles. The molecule has 1 saturated heterocycles. The van der Waals surface area contributed by atoms with Gasteiger partial charge in [-0.15, -0.1) is 0 Å². The SMILES string of the molecule is CCNC(=O)c1cccc(CNC(=O)CN2CCN(c3ccccn3)CC2)c1. The molecule has 3 rings (SSSR count). The van der Waals surface area contributed by atoms with Crippen LogP contribution in [0.3, 0.4) is 0 Å². The van der Waals surface area contributed by atoms with Gasteiger partial charge < -0.3 is 15.5 Å². The van der Waals surface area contributed by atoms with Gasteiger partial charge in [-0.1, -0.05) is 18.2 Å². The Morgan fingerprint density at radius 1 is 1.04 bits per heavy atom. The summed E-state index contributed by atoms with van der Waals surface area (Å²) in [5, 5.41) is 5.73. The minimum Gasteiger partial charge on any atom is -0.354 e. The van der Waals surface area contributed by atoms with E-state index in [-0.39, 0.29) is 11.8 Å². The number of aromatic nitrogens is 1. The van der Waals surface area contributed by atoms with Gasteiger partial charge in [-0.2, -0.15) is 0 Å². The molecule has 0 bridgehead atoms. The van der Waals surface area contributed by atoms with Crippen molar-refractivity contribution >= 4 is 17.6 Å². The van der Waals surface area contributed by atoms with Crippen molar-refractivity contribution in [1.82, 2.24) is 20.5 Å². The van der Waals surface area contributed by atoms with Crippen LogP contribution >= 0.6 is 0 Å². The molecule has 1 aromatic carbocycles. The summed E-state index contributed by atoms with van der Waals surface area (Å²) in [5.74, 6) is 0.884. The number of benzene rings is 1. The van der Waals surface area contributed by atoms with Crippen LogP contribution in [0.4, 0.5) is 5.82 Å². The third kappa shape index (κ3) is 5.53. The van der Waals surface area contributed by atoms with E-state index < -0.39 is 0 Å². The molecule has 0 radical (unpaired) electrons. The van der Waals surface area contributed by atoms with Crippen LogP contribution in [0.5, 0.6) is 0 Å². The number of amides is 2. The van der Waals surface area contributed by atoms with Gasteiger partial charge in [0.05, 0.1) is 6.54 Å². The molecule has 0 spiro atoms. The summed E-state index contributed by atoms with van der Waals surface area (Å²) < 4.78 is 0. The maximum atomic E-state index is 12.3. The fraction of sp³-hybridized carbons (Fsp3) is 0.381. The van der Waals surface area contributed by atoms with E-state index in [2.05, 4.69) is 25.4 Å². The lowest BCUT2D eigenvalue weighted by Gasteiger charge is -2.34. The van der Waals surface area contributed by atoms with Crippen LogP contribution < -0.4 is 15.5 Å². The molecule has 0 atom stereocenters. The predicted octanol–water partition coefficient (Wildman–Crippen LogP) is 1.27. The van der Waals surface area contributed by atoms with Crippen molar-refractivity contribution in [2.24, 2.45) is 0 Å². The lowest BCUT2D eigenvalue weighted by molar-refractivity contribution is -0.122. The summed E-state index contributed by atoms with van der Waals surface area (Å²) in [6.45, 7) is 6.66. The second-order valence-electron chi connectivity index (χ2n) is 6.79. The van der Waals surface area contributed by atoms with E-state index >= 15 is 0 Å². The number of rotatable bonds is 7. The number of carbonyl (C=O) groups is 2. The van der Waals surface area contributed by atoms with Gasteiger partial charge in [-0.25, -0.2) is 4.98 Å². The summed E-state index contributed by atoms with van der Waals surface area (Å²) in [6.07, 6.45) is 1.80. The number of nitrogens with zero attached hydrogens (tertiary/aromatic N) is 3. The molecule has 1 fully saturated rings. The molecule has 1 aromatic heterocycles. The number of piperazine rings is 1. The summed E-state index contributed by atoms with van der Waals surface area (Å²) in [4.78, 5) is 33.0. The Hall–Kier alpha value is -2.93. The predicted molar refractivity (Wildman–Crippen MR) is 109 cm³/mol. The van der Waals surface area contributed by atoms with Crippen molar-refractivity contribution in [3.05, 3.63) is 59.8 Å². The Balaban J connectivity index is 1.43. The van der Waals surface area contributed by atoms with Crippen molar-refractivity contribution in [1.29, 1.82) is 0 Å². The molecule has 7 heteroatoms. The van der Waals surface area contributed by atoms with Crippen molar-refractivity contribution < 1.29 is 9.59 Å². The zero-order valence-corrected chi connectivity index (χ0v) is 16.2. The van der Waals surface area contributed by atoms with Crippen molar-refractivity contribution in [3.63, 3.8) is 0 Å². The zero-order chi connectivity index (χ0) is 19.8. The van der Waals surface area contributed by atoms with Crippen LogP contribution in [0.1, 0.15) is 22.8 Å². The number of nitrogens with one attached hydrogen (secondary N) is 2. The van der Waals surface area contributed by atoms with Crippen LogP contribution in [0, 0.1) is 0 Å². The van der Waals surface area contributed by atoms with Gasteiger partial charge >= 0.3 is 0 Å². The Morgan fingerprint density at radius 2 is 1.86 bits per heavy atom. The average Bonchev–Trinajstić information content (AvgIpc) is 2.74. The zero-order valence-electron chi connectivity index (χ0n) is 16.2. The standard InChI is InChI=1S/C21H27N5O2/c1-2-22-21(28)18-7-5-6-17(14-18)15-24-20(27)16-25-10-12-26(13-11-25)19-8-3-4-9-23-19/h3-9,14H,2,10-13,15-16H2,1H3,(H,22,28)(H,24,27). The van der Waals surface area contributed by atoms with Gasteiger partial charge in [-0.05, 0) is 36.8 Å². The molecular weight excluding hydrogens is 354 g/mol. The smallest absolute Gasteiger partial charge is 0.251 e. The van der Waals surface area contributed by atoms with Crippen LogP contribution in [0.25, 0.3) is 0 Å². The maximum absolute atomic E-state index is 12.3. The number of hydrogen-bond acceptors (Lipinski definition) is 5. The molecule has 2 aromatic rings. The third-order valence-corrected chi connectivity index (χ3v) is 4.73. The summed E-state index contributed by atoms with van der Waals surface area (Å²) in [6, 6.07) is 13.3. The van der Waals surface area contributed by atoms with Gasteiger partial charge in [0.1, 0.15) is 5.82 Å². The number of pyridine rings is 1. The first kappa shape index (κ1) is 19.8. The van der Waals surface area contributed by atoms with E-state index in [1.165, 1.54) is 0 Å². The molecule has 2 heterocycles. The molecule has 1 aliphatic heterocycles. The van der Waals surface area contributed by atoms with Gasteiger partial charge in [0.25, 0.3) is 5.91 Å². The van der Waals surface area contributed by atoms with Gasteiger partial charge in [-0.3, -0.25) is 14.5 Å². The first-order chi connectivity index (χ1) is 13.7. The van der Waals surface area contributed by atoms with Crippen molar-refractivity contribution in [2.75, 3.05) is 44.2 Å². The summed E-state index contributed by atoms with van der Waals surface area (Å²) >= 11 is 0. The van der Waals surface area contributed by atoms with E-state index in [1.54, 1.807) is 12.3 Å². The molecule has 28 heavy (non-hydrogen) atoms. The van der Waals surface area contributed by atoms with Crippen LogP contribution in [0.15, 0.2) is 48.7 Å². The fourth-order valence-electron chi connectivity index (χ4n) is 3.22. The summed E-state index contributed by atoms with van der Waals surface area (Å²) in [5.41, 5.74) is 1.52. The highest BCUT2D eigenvalue weighted by Gasteiger charge is 2.19. The molecule has 1 aliphatic rings.